The Morgan fingerprint density at radius 3 is 3.11 bits per heavy atom. The average molecular weight is 241 g/mol. The highest BCUT2D eigenvalue weighted by molar-refractivity contribution is 5.87. The van der Waals surface area contributed by atoms with Crippen LogP contribution in [-0.4, -0.2) is 27.3 Å². The minimum atomic E-state index is -0.0158. The number of benzene rings is 1. The number of amides is 1. The van der Waals surface area contributed by atoms with Gasteiger partial charge in [-0.1, -0.05) is 18.7 Å². The van der Waals surface area contributed by atoms with Gasteiger partial charge in [0.1, 0.15) is 5.82 Å². The van der Waals surface area contributed by atoms with Gasteiger partial charge in [0.15, 0.2) is 0 Å². The standard InChI is InChI=1S/C14H15N3O/c1-2-13(18)17-9-5-8-12(17)14-15-10-6-3-4-7-11(10)16-14/h2-4,6-7,12H,1,5,8-9H2,(H,15,16). The van der Waals surface area contributed by atoms with Crippen LogP contribution >= 0.6 is 0 Å². The van der Waals surface area contributed by atoms with Gasteiger partial charge in [-0.15, -0.1) is 0 Å². The molecule has 3 rings (SSSR count). The second kappa shape index (κ2) is 4.29. The lowest BCUT2D eigenvalue weighted by atomic mass is 10.2. The number of hydrogen-bond donors (Lipinski definition) is 1. The zero-order chi connectivity index (χ0) is 12.5. The van der Waals surface area contributed by atoms with Crippen LogP contribution in [0.5, 0.6) is 0 Å². The van der Waals surface area contributed by atoms with Crippen molar-refractivity contribution < 1.29 is 4.79 Å². The maximum Gasteiger partial charge on any atom is 0.246 e. The summed E-state index contributed by atoms with van der Waals surface area (Å²) in [6.45, 7) is 4.34. The Labute approximate surface area is 105 Å². The number of imidazole rings is 1. The SMILES string of the molecule is C=CC(=O)N1CCCC1c1nc2ccccc2[nH]1. The zero-order valence-corrected chi connectivity index (χ0v) is 10.1. The fourth-order valence-electron chi connectivity index (χ4n) is 2.56. The van der Waals surface area contributed by atoms with Crippen molar-refractivity contribution in [3.63, 3.8) is 0 Å². The molecule has 1 aliphatic rings. The first-order chi connectivity index (χ1) is 8.79. The minimum absolute atomic E-state index is 0.0158. The van der Waals surface area contributed by atoms with Crippen molar-refractivity contribution in [1.82, 2.24) is 14.9 Å². The Hall–Kier alpha value is -2.10. The van der Waals surface area contributed by atoms with Crippen molar-refractivity contribution in [3.05, 3.63) is 42.7 Å². The molecule has 1 saturated heterocycles. The maximum atomic E-state index is 11.8. The van der Waals surface area contributed by atoms with Gasteiger partial charge in [-0.05, 0) is 31.1 Å². The third-order valence-corrected chi connectivity index (χ3v) is 3.43. The number of nitrogens with one attached hydrogen (secondary N) is 1. The number of carbonyl (C=O) groups excluding carboxylic acids is 1. The van der Waals surface area contributed by atoms with E-state index in [9.17, 15) is 4.79 Å². The van der Waals surface area contributed by atoms with Gasteiger partial charge in [-0.3, -0.25) is 4.79 Å². The third kappa shape index (κ3) is 1.70. The molecule has 0 spiro atoms. The number of aromatic amines is 1. The number of fused-ring (bicyclic) bond motifs is 1. The fourth-order valence-corrected chi connectivity index (χ4v) is 2.56. The zero-order valence-electron chi connectivity index (χ0n) is 10.1. The number of para-hydroxylation sites is 2. The van der Waals surface area contributed by atoms with Gasteiger partial charge in [-0.25, -0.2) is 4.98 Å². The normalized spacial score (nSPS) is 19.3. The molecule has 0 bridgehead atoms. The van der Waals surface area contributed by atoms with E-state index >= 15 is 0 Å². The van der Waals surface area contributed by atoms with E-state index in [2.05, 4.69) is 16.5 Å². The van der Waals surface area contributed by atoms with Crippen molar-refractivity contribution in [1.29, 1.82) is 0 Å². The first-order valence-corrected chi connectivity index (χ1v) is 6.17. The number of rotatable bonds is 2. The molecule has 1 amide bonds. The van der Waals surface area contributed by atoms with Gasteiger partial charge in [0.05, 0.1) is 17.1 Å². The molecule has 4 nitrogen and oxygen atoms in total. The molecule has 4 heteroatoms. The molecular weight excluding hydrogens is 226 g/mol. The van der Waals surface area contributed by atoms with Gasteiger partial charge in [0.25, 0.3) is 0 Å². The first kappa shape index (κ1) is 11.0. The monoisotopic (exact) mass is 241 g/mol. The van der Waals surface area contributed by atoms with E-state index in [4.69, 9.17) is 0 Å². The van der Waals surface area contributed by atoms with E-state index in [1.54, 1.807) is 0 Å². The quantitative estimate of drug-likeness (QED) is 0.821. The van der Waals surface area contributed by atoms with Gasteiger partial charge < -0.3 is 9.88 Å². The molecule has 2 aromatic rings. The second-order valence-corrected chi connectivity index (χ2v) is 4.53. The molecular formula is C14H15N3O. The number of hydrogen-bond acceptors (Lipinski definition) is 2. The molecule has 1 N–H and O–H groups in total. The molecule has 18 heavy (non-hydrogen) atoms. The summed E-state index contributed by atoms with van der Waals surface area (Å²) in [5.41, 5.74) is 1.97. The fraction of sp³-hybridized carbons (Fsp3) is 0.286. The largest absolute Gasteiger partial charge is 0.340 e. The molecule has 0 radical (unpaired) electrons. The van der Waals surface area contributed by atoms with Gasteiger partial charge >= 0.3 is 0 Å². The highest BCUT2D eigenvalue weighted by Gasteiger charge is 2.30. The summed E-state index contributed by atoms with van der Waals surface area (Å²) in [4.78, 5) is 21.5. The predicted molar refractivity (Wildman–Crippen MR) is 70.0 cm³/mol. The number of carbonyl (C=O) groups is 1. The molecule has 92 valence electrons. The molecule has 1 aromatic carbocycles. The predicted octanol–water partition coefficient (Wildman–Crippen LogP) is 2.41. The maximum absolute atomic E-state index is 11.8. The Morgan fingerprint density at radius 1 is 1.50 bits per heavy atom. The molecule has 1 aromatic heterocycles. The molecule has 0 aliphatic carbocycles. The second-order valence-electron chi connectivity index (χ2n) is 4.53. The number of likely N-dealkylation sites (tertiary alicyclic amines) is 1. The summed E-state index contributed by atoms with van der Waals surface area (Å²) < 4.78 is 0. The van der Waals surface area contributed by atoms with Crippen LogP contribution in [0.25, 0.3) is 11.0 Å². The Balaban J connectivity index is 1.98. The van der Waals surface area contributed by atoms with Crippen LogP contribution in [0.3, 0.4) is 0 Å². The number of nitrogens with zero attached hydrogens (tertiary/aromatic N) is 2. The summed E-state index contributed by atoms with van der Waals surface area (Å²) >= 11 is 0. The van der Waals surface area contributed by atoms with Crippen LogP contribution < -0.4 is 0 Å². The van der Waals surface area contributed by atoms with E-state index in [-0.39, 0.29) is 11.9 Å². The molecule has 1 unspecified atom stereocenters. The summed E-state index contributed by atoms with van der Waals surface area (Å²) in [7, 11) is 0. The van der Waals surface area contributed by atoms with E-state index in [0.29, 0.717) is 0 Å². The smallest absolute Gasteiger partial charge is 0.246 e. The Morgan fingerprint density at radius 2 is 2.33 bits per heavy atom. The third-order valence-electron chi connectivity index (χ3n) is 3.43. The molecule has 1 fully saturated rings. The van der Waals surface area contributed by atoms with Gasteiger partial charge in [0.2, 0.25) is 5.91 Å². The lowest BCUT2D eigenvalue weighted by molar-refractivity contribution is -0.127. The van der Waals surface area contributed by atoms with Crippen LogP contribution in [0, 0.1) is 0 Å². The molecule has 2 heterocycles. The summed E-state index contributed by atoms with van der Waals surface area (Å²) in [6.07, 6.45) is 3.35. The lowest BCUT2D eigenvalue weighted by Gasteiger charge is -2.21. The van der Waals surface area contributed by atoms with Crippen molar-refractivity contribution in [2.45, 2.75) is 18.9 Å². The van der Waals surface area contributed by atoms with Crippen LogP contribution in [0.4, 0.5) is 0 Å². The van der Waals surface area contributed by atoms with E-state index < -0.39 is 0 Å². The number of H-pyrrole nitrogens is 1. The van der Waals surface area contributed by atoms with Crippen molar-refractivity contribution >= 4 is 16.9 Å². The summed E-state index contributed by atoms with van der Waals surface area (Å²) in [6, 6.07) is 7.98. The van der Waals surface area contributed by atoms with Gasteiger partial charge in [0, 0.05) is 6.54 Å². The first-order valence-electron chi connectivity index (χ1n) is 6.17. The van der Waals surface area contributed by atoms with Crippen LogP contribution in [0.2, 0.25) is 0 Å². The van der Waals surface area contributed by atoms with Crippen LogP contribution in [0.15, 0.2) is 36.9 Å². The molecule has 1 atom stereocenters. The highest BCUT2D eigenvalue weighted by atomic mass is 16.2. The van der Waals surface area contributed by atoms with Crippen LogP contribution in [0.1, 0.15) is 24.7 Å². The topological polar surface area (TPSA) is 49.0 Å². The molecule has 1 aliphatic heterocycles. The molecule has 0 saturated carbocycles. The van der Waals surface area contributed by atoms with Gasteiger partial charge in [-0.2, -0.15) is 0 Å². The summed E-state index contributed by atoms with van der Waals surface area (Å²) in [5.74, 6) is 0.863. The summed E-state index contributed by atoms with van der Waals surface area (Å²) in [5, 5.41) is 0. The lowest BCUT2D eigenvalue weighted by Crippen LogP contribution is -2.29. The van der Waals surface area contributed by atoms with Crippen molar-refractivity contribution in [2.24, 2.45) is 0 Å². The minimum Gasteiger partial charge on any atom is -0.340 e. The van der Waals surface area contributed by atoms with Crippen molar-refractivity contribution in [2.75, 3.05) is 6.54 Å². The highest BCUT2D eigenvalue weighted by Crippen LogP contribution is 2.31. The van der Waals surface area contributed by atoms with Crippen LogP contribution in [-0.2, 0) is 4.79 Å². The Kier molecular flexibility index (Phi) is 2.63. The average Bonchev–Trinajstić information content (AvgIpc) is 3.03. The number of aromatic nitrogens is 2. The Bertz CT molecular complexity index is 569. The van der Waals surface area contributed by atoms with Crippen molar-refractivity contribution in [3.8, 4) is 0 Å². The van der Waals surface area contributed by atoms with E-state index in [1.165, 1.54) is 6.08 Å². The van der Waals surface area contributed by atoms with E-state index in [1.807, 2.05) is 29.2 Å². The van der Waals surface area contributed by atoms with E-state index in [0.717, 1.165) is 36.2 Å².